The SMILES string of the molecule is O=C(Nc1ccc2nc(-c3ccccc3)cc(N3CC(O)C3)c2c1)C1COC1. The van der Waals surface area contributed by atoms with E-state index in [1.165, 1.54) is 0 Å². The maximum Gasteiger partial charge on any atom is 0.232 e. The number of pyridine rings is 1. The van der Waals surface area contributed by atoms with E-state index in [9.17, 15) is 9.90 Å². The van der Waals surface area contributed by atoms with Crippen molar-refractivity contribution in [2.45, 2.75) is 6.10 Å². The van der Waals surface area contributed by atoms with Crippen molar-refractivity contribution in [3.05, 3.63) is 54.6 Å². The largest absolute Gasteiger partial charge is 0.389 e. The summed E-state index contributed by atoms with van der Waals surface area (Å²) < 4.78 is 5.10. The van der Waals surface area contributed by atoms with Crippen LogP contribution in [0.5, 0.6) is 0 Å². The highest BCUT2D eigenvalue weighted by molar-refractivity contribution is 6.00. The predicted molar refractivity (Wildman–Crippen MR) is 108 cm³/mol. The fraction of sp³-hybridized carbons (Fsp3) is 0.273. The molecule has 0 radical (unpaired) electrons. The summed E-state index contributed by atoms with van der Waals surface area (Å²) >= 11 is 0. The van der Waals surface area contributed by atoms with Gasteiger partial charge in [0.2, 0.25) is 5.91 Å². The van der Waals surface area contributed by atoms with Gasteiger partial charge in [-0.25, -0.2) is 4.98 Å². The fourth-order valence-corrected chi connectivity index (χ4v) is 3.59. The standard InChI is InChI=1S/C22H21N3O3/c26-17-10-25(11-17)21-9-20(14-4-2-1-3-5-14)24-19-7-6-16(8-18(19)21)23-22(27)15-12-28-13-15/h1-9,15,17,26H,10-13H2,(H,23,27). The van der Waals surface area contributed by atoms with Crippen LogP contribution in [0.15, 0.2) is 54.6 Å². The van der Waals surface area contributed by atoms with Crippen LogP contribution in [0.1, 0.15) is 0 Å². The van der Waals surface area contributed by atoms with Gasteiger partial charge in [0.25, 0.3) is 0 Å². The molecule has 2 aliphatic heterocycles. The molecule has 28 heavy (non-hydrogen) atoms. The number of anilines is 2. The molecule has 0 aliphatic carbocycles. The van der Waals surface area contributed by atoms with E-state index in [1.54, 1.807) is 0 Å². The van der Waals surface area contributed by atoms with Crippen LogP contribution in [0.4, 0.5) is 11.4 Å². The Hall–Kier alpha value is -2.96. The number of nitrogens with one attached hydrogen (secondary N) is 1. The van der Waals surface area contributed by atoms with Gasteiger partial charge in [0.15, 0.2) is 0 Å². The average Bonchev–Trinajstić information content (AvgIpc) is 2.64. The first kappa shape index (κ1) is 17.2. The average molecular weight is 375 g/mol. The molecule has 5 rings (SSSR count). The summed E-state index contributed by atoms with van der Waals surface area (Å²) in [5.74, 6) is -0.0836. The molecule has 0 saturated carbocycles. The second-order valence-corrected chi connectivity index (χ2v) is 7.41. The summed E-state index contributed by atoms with van der Waals surface area (Å²) in [5.41, 5.74) is 4.59. The third-order valence-corrected chi connectivity index (χ3v) is 5.34. The summed E-state index contributed by atoms with van der Waals surface area (Å²) in [6.07, 6.45) is -0.301. The van der Waals surface area contributed by atoms with Crippen LogP contribution in [-0.2, 0) is 9.53 Å². The highest BCUT2D eigenvalue weighted by Crippen LogP contribution is 2.35. The highest BCUT2D eigenvalue weighted by Gasteiger charge is 2.28. The molecule has 2 saturated heterocycles. The van der Waals surface area contributed by atoms with Gasteiger partial charge >= 0.3 is 0 Å². The third kappa shape index (κ3) is 3.10. The molecule has 6 nitrogen and oxygen atoms in total. The van der Waals surface area contributed by atoms with E-state index in [4.69, 9.17) is 9.72 Å². The Kier molecular flexibility index (Phi) is 4.22. The molecule has 0 spiro atoms. The van der Waals surface area contributed by atoms with E-state index < -0.39 is 0 Å². The molecule has 0 bridgehead atoms. The first-order chi connectivity index (χ1) is 13.7. The maximum atomic E-state index is 12.2. The van der Waals surface area contributed by atoms with Crippen LogP contribution >= 0.6 is 0 Å². The summed E-state index contributed by atoms with van der Waals surface area (Å²) in [5, 5.41) is 13.7. The van der Waals surface area contributed by atoms with Crippen LogP contribution in [0.3, 0.4) is 0 Å². The van der Waals surface area contributed by atoms with E-state index in [2.05, 4.69) is 16.3 Å². The number of fused-ring (bicyclic) bond motifs is 1. The second kappa shape index (κ2) is 6.89. The second-order valence-electron chi connectivity index (χ2n) is 7.41. The number of benzene rings is 2. The number of hydrogen-bond donors (Lipinski definition) is 2. The maximum absolute atomic E-state index is 12.2. The number of β-amino-alcohol motifs (C(OH)–C–C–N with tert-alkyl or cyclic N) is 1. The molecule has 1 aromatic heterocycles. The number of aliphatic hydroxyl groups is 1. The number of carbonyl (C=O) groups excluding carboxylic acids is 1. The molecule has 2 aromatic carbocycles. The summed E-state index contributed by atoms with van der Waals surface area (Å²) in [6, 6.07) is 17.9. The molecular weight excluding hydrogens is 354 g/mol. The normalized spacial score (nSPS) is 17.2. The Morgan fingerprint density at radius 3 is 2.57 bits per heavy atom. The summed E-state index contributed by atoms with van der Waals surface area (Å²) in [4.78, 5) is 19.2. The monoisotopic (exact) mass is 375 g/mol. The first-order valence-corrected chi connectivity index (χ1v) is 9.49. The Balaban J connectivity index is 1.55. The van der Waals surface area contributed by atoms with Crippen LogP contribution in [0.25, 0.3) is 22.2 Å². The number of aromatic nitrogens is 1. The van der Waals surface area contributed by atoms with Crippen LogP contribution in [0, 0.1) is 5.92 Å². The first-order valence-electron chi connectivity index (χ1n) is 9.49. The van der Waals surface area contributed by atoms with E-state index in [1.807, 2.05) is 48.5 Å². The molecule has 2 N–H and O–H groups in total. The predicted octanol–water partition coefficient (Wildman–Crippen LogP) is 2.67. The highest BCUT2D eigenvalue weighted by atomic mass is 16.5. The van der Waals surface area contributed by atoms with Crippen molar-refractivity contribution in [1.29, 1.82) is 0 Å². The topological polar surface area (TPSA) is 74.7 Å². The lowest BCUT2D eigenvalue weighted by Gasteiger charge is -2.38. The molecule has 6 heteroatoms. The fourth-order valence-electron chi connectivity index (χ4n) is 3.59. The van der Waals surface area contributed by atoms with E-state index in [0.29, 0.717) is 26.3 Å². The molecule has 0 unspecified atom stereocenters. The van der Waals surface area contributed by atoms with Crippen molar-refractivity contribution < 1.29 is 14.6 Å². The Morgan fingerprint density at radius 2 is 1.89 bits per heavy atom. The van der Waals surface area contributed by atoms with Gasteiger partial charge < -0.3 is 20.1 Å². The minimum absolute atomic E-state index is 0.0135. The minimum atomic E-state index is -0.301. The molecule has 2 fully saturated rings. The quantitative estimate of drug-likeness (QED) is 0.733. The van der Waals surface area contributed by atoms with Gasteiger partial charge in [-0.15, -0.1) is 0 Å². The van der Waals surface area contributed by atoms with Gasteiger partial charge in [-0.1, -0.05) is 30.3 Å². The number of carbonyl (C=O) groups is 1. The molecule has 3 heterocycles. The van der Waals surface area contributed by atoms with Gasteiger partial charge in [0.05, 0.1) is 36.4 Å². The lowest BCUT2D eigenvalue weighted by atomic mass is 10.0. The summed E-state index contributed by atoms with van der Waals surface area (Å²) in [6.45, 7) is 2.17. The lowest BCUT2D eigenvalue weighted by molar-refractivity contribution is -0.133. The van der Waals surface area contributed by atoms with Gasteiger partial charge in [0, 0.05) is 35.4 Å². The van der Waals surface area contributed by atoms with Gasteiger partial charge in [-0.05, 0) is 24.3 Å². The zero-order valence-electron chi connectivity index (χ0n) is 15.3. The van der Waals surface area contributed by atoms with Gasteiger partial charge in [-0.2, -0.15) is 0 Å². The number of rotatable bonds is 4. The molecule has 2 aliphatic rings. The zero-order valence-corrected chi connectivity index (χ0v) is 15.3. The van der Waals surface area contributed by atoms with E-state index in [0.717, 1.165) is 33.5 Å². The van der Waals surface area contributed by atoms with Crippen molar-refractivity contribution in [2.24, 2.45) is 5.92 Å². The number of nitrogens with zero attached hydrogens (tertiary/aromatic N) is 2. The molecule has 142 valence electrons. The number of aliphatic hydroxyl groups excluding tert-OH is 1. The van der Waals surface area contributed by atoms with Crippen molar-refractivity contribution in [3.63, 3.8) is 0 Å². The molecule has 1 amide bonds. The summed E-state index contributed by atoms with van der Waals surface area (Å²) in [7, 11) is 0. The van der Waals surface area contributed by atoms with Crippen molar-refractivity contribution >= 4 is 28.2 Å². The molecule has 3 aromatic rings. The third-order valence-electron chi connectivity index (χ3n) is 5.34. The van der Waals surface area contributed by atoms with Gasteiger partial charge in [-0.3, -0.25) is 4.79 Å². The lowest BCUT2D eigenvalue weighted by Crippen LogP contribution is -2.50. The zero-order chi connectivity index (χ0) is 19.1. The Bertz CT molecular complexity index is 1030. The van der Waals surface area contributed by atoms with Crippen LogP contribution in [0.2, 0.25) is 0 Å². The van der Waals surface area contributed by atoms with E-state index >= 15 is 0 Å². The van der Waals surface area contributed by atoms with Crippen LogP contribution in [-0.4, -0.2) is 48.4 Å². The molecular formula is C22H21N3O3. The Morgan fingerprint density at radius 1 is 1.11 bits per heavy atom. The number of hydrogen-bond acceptors (Lipinski definition) is 5. The smallest absolute Gasteiger partial charge is 0.232 e. The number of amides is 1. The van der Waals surface area contributed by atoms with Crippen LogP contribution < -0.4 is 10.2 Å². The van der Waals surface area contributed by atoms with Crippen molar-refractivity contribution in [3.8, 4) is 11.3 Å². The number of ether oxygens (including phenoxy) is 1. The van der Waals surface area contributed by atoms with Crippen molar-refractivity contribution in [2.75, 3.05) is 36.5 Å². The minimum Gasteiger partial charge on any atom is -0.389 e. The van der Waals surface area contributed by atoms with Gasteiger partial charge in [0.1, 0.15) is 0 Å². The van der Waals surface area contributed by atoms with Crippen molar-refractivity contribution in [1.82, 2.24) is 4.98 Å². The molecule has 0 atom stereocenters. The Labute approximate surface area is 162 Å². The van der Waals surface area contributed by atoms with E-state index in [-0.39, 0.29) is 17.9 Å².